The number of sulfonamides is 1. The molecule has 2 N–H and O–H groups in total. The summed E-state index contributed by atoms with van der Waals surface area (Å²) >= 11 is 0. The third-order valence-electron chi connectivity index (χ3n) is 4.80. The highest BCUT2D eigenvalue weighted by molar-refractivity contribution is 7.89. The summed E-state index contributed by atoms with van der Waals surface area (Å²) in [6.07, 6.45) is -0.362. The van der Waals surface area contributed by atoms with E-state index in [1.165, 1.54) is 29.8 Å². The third-order valence-corrected chi connectivity index (χ3v) is 6.64. The van der Waals surface area contributed by atoms with E-state index in [0.29, 0.717) is 17.1 Å². The second kappa shape index (κ2) is 10.7. The van der Waals surface area contributed by atoms with Crippen LogP contribution in [0.2, 0.25) is 0 Å². The minimum absolute atomic E-state index is 0.0287. The number of ether oxygens (including phenoxy) is 2. The molecule has 3 aromatic rings. The van der Waals surface area contributed by atoms with Crippen molar-refractivity contribution < 1.29 is 32.2 Å². The number of hydrogen-bond donors (Lipinski definition) is 2. The van der Waals surface area contributed by atoms with Gasteiger partial charge in [-0.3, -0.25) is 0 Å². The van der Waals surface area contributed by atoms with Crippen LogP contribution in [0, 0.1) is 5.92 Å². The van der Waals surface area contributed by atoms with Gasteiger partial charge in [-0.2, -0.15) is 4.31 Å². The quantitative estimate of drug-likeness (QED) is 0.461. The maximum atomic E-state index is 13.1. The van der Waals surface area contributed by atoms with E-state index in [1.54, 1.807) is 36.4 Å². The topological polar surface area (TPSA) is 118 Å². The number of fused-ring (bicyclic) bond motifs is 1. The van der Waals surface area contributed by atoms with Crippen molar-refractivity contribution in [3.05, 3.63) is 54.8 Å². The van der Waals surface area contributed by atoms with E-state index in [-0.39, 0.29) is 30.4 Å². The fourth-order valence-corrected chi connectivity index (χ4v) is 4.87. The van der Waals surface area contributed by atoms with Crippen LogP contribution in [0.1, 0.15) is 13.8 Å². The Labute approximate surface area is 193 Å². The Kier molecular flexibility index (Phi) is 7.96. The predicted molar refractivity (Wildman–Crippen MR) is 123 cm³/mol. The highest BCUT2D eigenvalue weighted by atomic mass is 32.2. The lowest BCUT2D eigenvalue weighted by Gasteiger charge is -2.26. The number of nitrogens with one attached hydrogen (secondary N) is 1. The molecule has 0 unspecified atom stereocenters. The molecule has 0 aliphatic rings. The van der Waals surface area contributed by atoms with E-state index < -0.39 is 22.2 Å². The number of hydrogen-bond acceptors (Lipinski definition) is 7. The van der Waals surface area contributed by atoms with Crippen molar-refractivity contribution >= 4 is 27.1 Å². The molecular formula is C23H28N2O7S. The zero-order valence-corrected chi connectivity index (χ0v) is 19.5. The summed E-state index contributed by atoms with van der Waals surface area (Å²) < 4.78 is 43.0. The molecule has 3 rings (SSSR count). The van der Waals surface area contributed by atoms with Crippen molar-refractivity contribution in [2.24, 2.45) is 5.92 Å². The number of nitrogens with zero attached hydrogens (tertiary/aromatic N) is 1. The Morgan fingerprint density at radius 2 is 1.79 bits per heavy atom. The van der Waals surface area contributed by atoms with Crippen LogP contribution in [0.15, 0.2) is 64.1 Å². The van der Waals surface area contributed by atoms with Crippen LogP contribution in [-0.4, -0.2) is 56.8 Å². The highest BCUT2D eigenvalue weighted by Crippen LogP contribution is 2.22. The van der Waals surface area contributed by atoms with Crippen molar-refractivity contribution in [1.82, 2.24) is 9.62 Å². The minimum atomic E-state index is -3.85. The van der Waals surface area contributed by atoms with Crippen molar-refractivity contribution in [2.75, 3.05) is 26.7 Å². The lowest BCUT2D eigenvalue weighted by molar-refractivity contribution is 0.135. The van der Waals surface area contributed by atoms with E-state index in [2.05, 4.69) is 5.32 Å². The Hall–Kier alpha value is -3.08. The van der Waals surface area contributed by atoms with Gasteiger partial charge in [0.2, 0.25) is 10.0 Å². The van der Waals surface area contributed by atoms with Gasteiger partial charge in [-0.05, 0) is 54.4 Å². The second-order valence-electron chi connectivity index (χ2n) is 7.94. The number of rotatable bonds is 10. The average molecular weight is 477 g/mol. The number of carbonyl (C=O) groups excluding carboxylic acids is 1. The summed E-state index contributed by atoms with van der Waals surface area (Å²) in [6, 6.07) is 12.7. The molecule has 1 atom stereocenters. The molecule has 0 aliphatic carbocycles. The lowest BCUT2D eigenvalue weighted by Crippen LogP contribution is -2.44. The molecule has 0 saturated heterocycles. The summed E-state index contributed by atoms with van der Waals surface area (Å²) in [4.78, 5) is 12.2. The molecule has 0 bridgehead atoms. The molecule has 178 valence electrons. The number of carbonyl (C=O) groups is 1. The van der Waals surface area contributed by atoms with Crippen LogP contribution in [0.25, 0.3) is 11.0 Å². The second-order valence-corrected chi connectivity index (χ2v) is 9.87. The van der Waals surface area contributed by atoms with Crippen LogP contribution < -0.4 is 14.8 Å². The maximum Gasteiger partial charge on any atom is 0.412 e. The van der Waals surface area contributed by atoms with Gasteiger partial charge in [0, 0.05) is 25.0 Å². The van der Waals surface area contributed by atoms with E-state index in [4.69, 9.17) is 13.9 Å². The summed E-state index contributed by atoms with van der Waals surface area (Å²) in [7, 11) is -2.35. The average Bonchev–Trinajstić information content (AvgIpc) is 3.25. The molecule has 0 saturated carbocycles. The van der Waals surface area contributed by atoms with Gasteiger partial charge in [0.05, 0.1) is 24.4 Å². The Morgan fingerprint density at radius 3 is 2.45 bits per heavy atom. The smallest absolute Gasteiger partial charge is 0.412 e. The van der Waals surface area contributed by atoms with Crippen LogP contribution in [0.4, 0.5) is 4.79 Å². The maximum absolute atomic E-state index is 13.1. The zero-order chi connectivity index (χ0) is 24.0. The normalized spacial score (nSPS) is 12.8. The summed E-state index contributed by atoms with van der Waals surface area (Å²) in [5, 5.41) is 13.7. The Morgan fingerprint density at radius 1 is 1.09 bits per heavy atom. The van der Waals surface area contributed by atoms with Gasteiger partial charge in [0.25, 0.3) is 0 Å². The first-order valence-corrected chi connectivity index (χ1v) is 11.9. The van der Waals surface area contributed by atoms with Crippen LogP contribution >= 0.6 is 0 Å². The number of aliphatic hydroxyl groups is 1. The first kappa shape index (κ1) is 24.6. The molecule has 0 fully saturated rings. The molecular weight excluding hydrogens is 448 g/mol. The standard InChI is InChI=1S/C23H28N2O7S/c1-16(2)14-25(33(28,29)21-7-4-19(30-3)5-8-21)15-18(26)13-24-23(27)32-20-6-9-22-17(12-20)10-11-31-22/h4-12,16,18,26H,13-15H2,1-3H3,(H,24,27)/t18-/m0/s1. The van der Waals surface area contributed by atoms with Gasteiger partial charge in [-0.1, -0.05) is 13.8 Å². The van der Waals surface area contributed by atoms with Gasteiger partial charge in [0.15, 0.2) is 0 Å². The SMILES string of the molecule is COc1ccc(S(=O)(=O)N(CC(C)C)C[C@@H](O)CNC(=O)Oc2ccc3occc3c2)cc1. The highest BCUT2D eigenvalue weighted by Gasteiger charge is 2.27. The van der Waals surface area contributed by atoms with Crippen LogP contribution in [0.5, 0.6) is 11.5 Å². The Balaban J connectivity index is 1.60. The zero-order valence-electron chi connectivity index (χ0n) is 18.7. The largest absolute Gasteiger partial charge is 0.497 e. The van der Waals surface area contributed by atoms with Crippen molar-refractivity contribution in [3.63, 3.8) is 0 Å². The number of amides is 1. The molecule has 0 radical (unpaired) electrons. The number of furan rings is 1. The molecule has 1 amide bonds. The predicted octanol–water partition coefficient (Wildman–Crippen LogP) is 3.24. The minimum Gasteiger partial charge on any atom is -0.497 e. The number of aliphatic hydroxyl groups excluding tert-OH is 1. The van der Waals surface area contributed by atoms with Gasteiger partial charge in [-0.15, -0.1) is 0 Å². The van der Waals surface area contributed by atoms with Crippen LogP contribution in [-0.2, 0) is 10.0 Å². The molecule has 0 spiro atoms. The van der Waals surface area contributed by atoms with Gasteiger partial charge < -0.3 is 24.3 Å². The summed E-state index contributed by atoms with van der Waals surface area (Å²) in [6.45, 7) is 3.61. The molecule has 1 heterocycles. The van der Waals surface area contributed by atoms with Crippen molar-refractivity contribution in [2.45, 2.75) is 24.8 Å². The third kappa shape index (κ3) is 6.47. The number of benzene rings is 2. The van der Waals surface area contributed by atoms with E-state index in [9.17, 15) is 18.3 Å². The summed E-state index contributed by atoms with van der Waals surface area (Å²) in [5.41, 5.74) is 0.668. The molecule has 0 aliphatic heterocycles. The first-order valence-electron chi connectivity index (χ1n) is 10.4. The number of methoxy groups -OCH3 is 1. The molecule has 1 aromatic heterocycles. The molecule has 10 heteroatoms. The van der Waals surface area contributed by atoms with Crippen molar-refractivity contribution in [1.29, 1.82) is 0 Å². The van der Waals surface area contributed by atoms with Crippen LogP contribution in [0.3, 0.4) is 0 Å². The fourth-order valence-electron chi connectivity index (χ4n) is 3.23. The molecule has 9 nitrogen and oxygen atoms in total. The van der Waals surface area contributed by atoms with Gasteiger partial charge in [0.1, 0.15) is 17.1 Å². The lowest BCUT2D eigenvalue weighted by atomic mass is 10.2. The van der Waals surface area contributed by atoms with E-state index in [0.717, 1.165) is 5.39 Å². The monoisotopic (exact) mass is 476 g/mol. The van der Waals surface area contributed by atoms with Crippen molar-refractivity contribution in [3.8, 4) is 11.5 Å². The fraction of sp³-hybridized carbons (Fsp3) is 0.348. The first-order chi connectivity index (χ1) is 15.7. The molecule has 33 heavy (non-hydrogen) atoms. The molecule has 2 aromatic carbocycles. The van der Waals surface area contributed by atoms with Gasteiger partial charge in [-0.25, -0.2) is 13.2 Å². The Bertz CT molecular complexity index is 1170. The van der Waals surface area contributed by atoms with E-state index in [1.807, 2.05) is 13.8 Å². The van der Waals surface area contributed by atoms with Gasteiger partial charge >= 0.3 is 6.09 Å². The summed E-state index contributed by atoms with van der Waals surface area (Å²) in [5.74, 6) is 0.888. The van der Waals surface area contributed by atoms with E-state index >= 15 is 0 Å².